The maximum atomic E-state index is 12.4. The summed E-state index contributed by atoms with van der Waals surface area (Å²) in [5, 5.41) is 5.28. The Balaban J connectivity index is 2.13. The van der Waals surface area contributed by atoms with Crippen LogP contribution in [0.15, 0.2) is 11.4 Å². The summed E-state index contributed by atoms with van der Waals surface area (Å²) in [6.45, 7) is 4.67. The van der Waals surface area contributed by atoms with Crippen LogP contribution in [0.4, 0.5) is 0 Å². The lowest BCUT2D eigenvalue weighted by molar-refractivity contribution is 0.0757. The smallest absolute Gasteiger partial charge is 0.267 e. The van der Waals surface area contributed by atoms with Crippen LogP contribution in [0.5, 0.6) is 5.75 Å². The van der Waals surface area contributed by atoms with Gasteiger partial charge in [0.15, 0.2) is 0 Å². The lowest BCUT2D eigenvalue weighted by Gasteiger charge is -2.22. The number of hydrogen-bond acceptors (Lipinski definition) is 4. The molecule has 0 aliphatic carbocycles. The van der Waals surface area contributed by atoms with E-state index in [1.807, 2.05) is 16.3 Å². The molecule has 1 fully saturated rings. The SMILES string of the molecule is COc1ccsc1C(=O)N1CCCNC(C)C1. The van der Waals surface area contributed by atoms with Gasteiger partial charge in [-0.2, -0.15) is 0 Å². The summed E-state index contributed by atoms with van der Waals surface area (Å²) in [6, 6.07) is 2.20. The molecule has 1 aliphatic heterocycles. The summed E-state index contributed by atoms with van der Waals surface area (Å²) < 4.78 is 5.20. The number of hydrogen-bond donors (Lipinski definition) is 1. The molecule has 1 N–H and O–H groups in total. The van der Waals surface area contributed by atoms with Crippen LogP contribution >= 0.6 is 11.3 Å². The molecule has 1 aromatic heterocycles. The van der Waals surface area contributed by atoms with E-state index in [0.29, 0.717) is 16.7 Å². The van der Waals surface area contributed by atoms with E-state index in [2.05, 4.69) is 12.2 Å². The van der Waals surface area contributed by atoms with Crippen LogP contribution in [0.3, 0.4) is 0 Å². The highest BCUT2D eigenvalue weighted by atomic mass is 32.1. The molecule has 1 atom stereocenters. The molecule has 1 aromatic rings. The van der Waals surface area contributed by atoms with Gasteiger partial charge in [0.2, 0.25) is 0 Å². The molecular formula is C12H18N2O2S. The third-order valence-corrected chi connectivity index (χ3v) is 3.81. The van der Waals surface area contributed by atoms with Crippen LogP contribution in [0, 0.1) is 0 Å². The van der Waals surface area contributed by atoms with Crippen molar-refractivity contribution in [2.24, 2.45) is 0 Å². The average molecular weight is 254 g/mol. The van der Waals surface area contributed by atoms with Crippen molar-refractivity contribution in [2.45, 2.75) is 19.4 Å². The number of nitrogens with one attached hydrogen (secondary N) is 1. The quantitative estimate of drug-likeness (QED) is 0.871. The van der Waals surface area contributed by atoms with Crippen LogP contribution in [-0.4, -0.2) is 43.6 Å². The van der Waals surface area contributed by atoms with E-state index in [-0.39, 0.29) is 5.91 Å². The summed E-state index contributed by atoms with van der Waals surface area (Å²) in [6.07, 6.45) is 1.00. The molecule has 2 rings (SSSR count). The van der Waals surface area contributed by atoms with Gasteiger partial charge in [0.25, 0.3) is 5.91 Å². The lowest BCUT2D eigenvalue weighted by Crippen LogP contribution is -2.38. The molecule has 2 heterocycles. The van der Waals surface area contributed by atoms with E-state index in [4.69, 9.17) is 4.74 Å². The topological polar surface area (TPSA) is 41.6 Å². The standard InChI is InChI=1S/C12H18N2O2S/c1-9-8-14(6-3-5-13-9)12(15)11-10(16-2)4-7-17-11/h4,7,9,13H,3,5-6,8H2,1-2H3. The average Bonchev–Trinajstić information content (AvgIpc) is 2.70. The molecule has 0 radical (unpaired) electrons. The van der Waals surface area contributed by atoms with E-state index >= 15 is 0 Å². The summed E-state index contributed by atoms with van der Waals surface area (Å²) >= 11 is 1.45. The minimum absolute atomic E-state index is 0.0902. The normalized spacial score (nSPS) is 21.1. The molecule has 0 aromatic carbocycles. The third-order valence-electron chi connectivity index (χ3n) is 2.92. The zero-order valence-electron chi connectivity index (χ0n) is 10.2. The first-order chi connectivity index (χ1) is 8.22. The Kier molecular flexibility index (Phi) is 4.02. The van der Waals surface area contributed by atoms with Crippen molar-refractivity contribution < 1.29 is 9.53 Å². The number of nitrogens with zero attached hydrogens (tertiary/aromatic N) is 1. The van der Waals surface area contributed by atoms with Crippen LogP contribution in [0.1, 0.15) is 23.0 Å². The van der Waals surface area contributed by atoms with Gasteiger partial charge in [0.05, 0.1) is 7.11 Å². The molecule has 94 valence electrons. The predicted octanol–water partition coefficient (Wildman–Crippen LogP) is 1.58. The molecule has 1 amide bonds. The van der Waals surface area contributed by atoms with Crippen molar-refractivity contribution in [3.8, 4) is 5.75 Å². The van der Waals surface area contributed by atoms with Gasteiger partial charge in [-0.1, -0.05) is 0 Å². The van der Waals surface area contributed by atoms with E-state index in [0.717, 1.165) is 26.1 Å². The zero-order chi connectivity index (χ0) is 12.3. The molecule has 1 saturated heterocycles. The second-order valence-electron chi connectivity index (χ2n) is 4.28. The van der Waals surface area contributed by atoms with Gasteiger partial charge in [-0.05, 0) is 31.3 Å². The van der Waals surface area contributed by atoms with Gasteiger partial charge < -0.3 is 15.0 Å². The monoisotopic (exact) mass is 254 g/mol. The number of carbonyl (C=O) groups excluding carboxylic acids is 1. The molecule has 0 saturated carbocycles. The Morgan fingerprint density at radius 1 is 1.65 bits per heavy atom. The van der Waals surface area contributed by atoms with E-state index in [9.17, 15) is 4.79 Å². The molecule has 0 bridgehead atoms. The minimum atomic E-state index is 0.0902. The number of methoxy groups -OCH3 is 1. The second kappa shape index (κ2) is 5.51. The first kappa shape index (κ1) is 12.4. The Hall–Kier alpha value is -1.07. The fourth-order valence-corrected chi connectivity index (χ4v) is 2.87. The van der Waals surface area contributed by atoms with Gasteiger partial charge in [0.1, 0.15) is 10.6 Å². The van der Waals surface area contributed by atoms with E-state index in [1.165, 1.54) is 11.3 Å². The number of amides is 1. The fourth-order valence-electron chi connectivity index (χ4n) is 2.05. The van der Waals surface area contributed by atoms with E-state index < -0.39 is 0 Å². The van der Waals surface area contributed by atoms with Crippen LogP contribution in [0.25, 0.3) is 0 Å². The van der Waals surface area contributed by atoms with Crippen molar-refractivity contribution in [1.29, 1.82) is 0 Å². The summed E-state index contributed by atoms with van der Waals surface area (Å²) in [4.78, 5) is 15.0. The van der Waals surface area contributed by atoms with E-state index in [1.54, 1.807) is 7.11 Å². The van der Waals surface area contributed by atoms with Crippen LogP contribution in [-0.2, 0) is 0 Å². The summed E-state index contributed by atoms with van der Waals surface area (Å²) in [7, 11) is 1.60. The molecule has 5 heteroatoms. The molecule has 1 unspecified atom stereocenters. The van der Waals surface area contributed by atoms with Crippen molar-refractivity contribution >= 4 is 17.2 Å². The zero-order valence-corrected chi connectivity index (χ0v) is 11.0. The first-order valence-corrected chi connectivity index (χ1v) is 6.74. The molecule has 1 aliphatic rings. The van der Waals surface area contributed by atoms with Crippen molar-refractivity contribution in [3.05, 3.63) is 16.3 Å². The third kappa shape index (κ3) is 2.79. The maximum absolute atomic E-state index is 12.4. The van der Waals surface area contributed by atoms with Gasteiger partial charge in [0, 0.05) is 19.1 Å². The Morgan fingerprint density at radius 2 is 2.47 bits per heavy atom. The Morgan fingerprint density at radius 3 is 3.24 bits per heavy atom. The largest absolute Gasteiger partial charge is 0.495 e. The number of ether oxygens (including phenoxy) is 1. The predicted molar refractivity (Wildman–Crippen MR) is 68.9 cm³/mol. The van der Waals surface area contributed by atoms with Crippen molar-refractivity contribution in [2.75, 3.05) is 26.7 Å². The molecule has 4 nitrogen and oxygen atoms in total. The van der Waals surface area contributed by atoms with Gasteiger partial charge in [-0.3, -0.25) is 4.79 Å². The van der Waals surface area contributed by atoms with Crippen LogP contribution in [0.2, 0.25) is 0 Å². The minimum Gasteiger partial charge on any atom is -0.495 e. The summed E-state index contributed by atoms with van der Waals surface area (Å²) in [5.74, 6) is 0.775. The number of carbonyl (C=O) groups is 1. The number of rotatable bonds is 2. The highest BCUT2D eigenvalue weighted by molar-refractivity contribution is 7.12. The summed E-state index contributed by atoms with van der Waals surface area (Å²) in [5.41, 5.74) is 0. The maximum Gasteiger partial charge on any atom is 0.267 e. The molecule has 0 spiro atoms. The van der Waals surface area contributed by atoms with Gasteiger partial charge >= 0.3 is 0 Å². The van der Waals surface area contributed by atoms with Crippen molar-refractivity contribution in [3.63, 3.8) is 0 Å². The number of thiophene rings is 1. The first-order valence-electron chi connectivity index (χ1n) is 5.86. The fraction of sp³-hybridized carbons (Fsp3) is 0.583. The lowest BCUT2D eigenvalue weighted by atomic mass is 10.3. The van der Waals surface area contributed by atoms with Gasteiger partial charge in [-0.25, -0.2) is 0 Å². The molecule has 17 heavy (non-hydrogen) atoms. The van der Waals surface area contributed by atoms with Crippen LogP contribution < -0.4 is 10.1 Å². The van der Waals surface area contributed by atoms with Gasteiger partial charge in [-0.15, -0.1) is 11.3 Å². The highest BCUT2D eigenvalue weighted by Gasteiger charge is 2.23. The Bertz CT molecular complexity index is 392. The second-order valence-corrected chi connectivity index (χ2v) is 5.19. The van der Waals surface area contributed by atoms with Crippen molar-refractivity contribution in [1.82, 2.24) is 10.2 Å². The Labute approximate surface area is 106 Å². The highest BCUT2D eigenvalue weighted by Crippen LogP contribution is 2.26. The molecular weight excluding hydrogens is 236 g/mol.